The van der Waals surface area contributed by atoms with Crippen LogP contribution in [-0.2, 0) is 11.1 Å². The fraction of sp³-hybridized carbons (Fsp3) is 0.250. The van der Waals surface area contributed by atoms with Crippen LogP contribution in [0.2, 0.25) is 0 Å². The molecule has 0 aliphatic rings. The Kier molecular flexibility index (Phi) is 5.28. The average molecular weight is 447 g/mol. The van der Waals surface area contributed by atoms with Crippen molar-refractivity contribution in [3.8, 4) is 22.3 Å². The maximum absolute atomic E-state index is 2.45. The van der Waals surface area contributed by atoms with Crippen molar-refractivity contribution in [2.24, 2.45) is 0 Å². The number of hydrogen-bond acceptors (Lipinski definition) is 0. The van der Waals surface area contributed by atoms with Gasteiger partial charge < -0.3 is 0 Å². The Morgan fingerprint density at radius 1 is 0.441 bits per heavy atom. The lowest BCUT2D eigenvalue weighted by molar-refractivity contribution is -0.747. The number of nitrogens with zero attached hydrogens (tertiary/aromatic N) is 2. The Morgan fingerprint density at radius 3 is 1.12 bits per heavy atom. The summed E-state index contributed by atoms with van der Waals surface area (Å²) in [5, 5.41) is 2.55. The molecule has 5 rings (SSSR count). The maximum Gasteiger partial charge on any atom is 0.286 e. The van der Waals surface area contributed by atoms with E-state index in [1.165, 1.54) is 44.1 Å². The van der Waals surface area contributed by atoms with Gasteiger partial charge in [0.1, 0.15) is 0 Å². The van der Waals surface area contributed by atoms with Gasteiger partial charge in [0, 0.05) is 64.8 Å². The molecule has 0 atom stereocenters. The maximum atomic E-state index is 2.45. The molecule has 3 aromatic carbocycles. The van der Waals surface area contributed by atoms with Crippen molar-refractivity contribution < 1.29 is 9.13 Å². The van der Waals surface area contributed by atoms with Crippen LogP contribution in [0.25, 0.3) is 44.1 Å². The van der Waals surface area contributed by atoms with Crippen molar-refractivity contribution in [2.45, 2.75) is 52.6 Å². The molecular weight excluding hydrogens is 412 g/mol. The van der Waals surface area contributed by atoms with Crippen molar-refractivity contribution >= 4 is 21.8 Å². The normalized spacial score (nSPS) is 12.4. The number of pyridine rings is 2. The van der Waals surface area contributed by atoms with E-state index in [1.54, 1.807) is 0 Å². The van der Waals surface area contributed by atoms with Crippen LogP contribution in [0.3, 0.4) is 0 Å². The summed E-state index contributed by atoms with van der Waals surface area (Å²) in [7, 11) is 0. The lowest BCUT2D eigenvalue weighted by Crippen LogP contribution is -2.54. The predicted octanol–water partition coefficient (Wildman–Crippen LogP) is 7.41. The second kappa shape index (κ2) is 8.06. The van der Waals surface area contributed by atoms with Gasteiger partial charge in [-0.3, -0.25) is 0 Å². The van der Waals surface area contributed by atoms with Crippen LogP contribution < -0.4 is 9.13 Å². The van der Waals surface area contributed by atoms with Crippen LogP contribution in [-0.4, -0.2) is 0 Å². The van der Waals surface area contributed by atoms with Crippen LogP contribution in [0.4, 0.5) is 0 Å². The Balaban J connectivity index is 2.02. The van der Waals surface area contributed by atoms with E-state index in [9.17, 15) is 0 Å². The zero-order valence-electron chi connectivity index (χ0n) is 21.1. The first-order chi connectivity index (χ1) is 16.2. The first-order valence-electron chi connectivity index (χ1n) is 12.1. The summed E-state index contributed by atoms with van der Waals surface area (Å²) in [6, 6.07) is 30.7. The molecule has 5 aromatic rings. The van der Waals surface area contributed by atoms with Crippen LogP contribution in [0.15, 0.2) is 97.3 Å². The smallest absolute Gasteiger partial charge is 0.188 e. The molecule has 0 fully saturated rings. The highest BCUT2D eigenvalue weighted by atomic mass is 15.1. The van der Waals surface area contributed by atoms with Crippen LogP contribution in [0, 0.1) is 0 Å². The second-order valence-electron chi connectivity index (χ2n) is 11.1. The van der Waals surface area contributed by atoms with Gasteiger partial charge in [-0.05, 0) is 23.3 Å². The van der Waals surface area contributed by atoms with Gasteiger partial charge in [0.05, 0.1) is 10.8 Å². The van der Waals surface area contributed by atoms with Gasteiger partial charge >= 0.3 is 0 Å². The highest BCUT2D eigenvalue weighted by Gasteiger charge is 2.35. The number of hydrogen-bond donors (Lipinski definition) is 0. The van der Waals surface area contributed by atoms with Crippen molar-refractivity contribution in [1.29, 1.82) is 0 Å². The fourth-order valence-corrected chi connectivity index (χ4v) is 4.99. The predicted molar refractivity (Wildman–Crippen MR) is 143 cm³/mol. The van der Waals surface area contributed by atoms with E-state index in [-0.39, 0.29) is 11.1 Å². The molecule has 0 spiro atoms. The first kappa shape index (κ1) is 22.3. The van der Waals surface area contributed by atoms with Crippen molar-refractivity contribution in [3.63, 3.8) is 0 Å². The zero-order valence-corrected chi connectivity index (χ0v) is 21.1. The minimum absolute atomic E-state index is 0.0692. The third-order valence-electron chi connectivity index (χ3n) is 6.61. The van der Waals surface area contributed by atoms with E-state index < -0.39 is 0 Å². The molecule has 0 saturated heterocycles. The summed E-state index contributed by atoms with van der Waals surface area (Å²) < 4.78 is 4.90. The minimum Gasteiger partial charge on any atom is -0.188 e. The lowest BCUT2D eigenvalue weighted by Gasteiger charge is -2.20. The average Bonchev–Trinajstić information content (AvgIpc) is 2.82. The number of rotatable bonds is 2. The molecule has 2 heteroatoms. The van der Waals surface area contributed by atoms with E-state index in [0.717, 1.165) is 0 Å². The molecule has 0 N–H and O–H groups in total. The summed E-state index contributed by atoms with van der Waals surface area (Å²) in [5.74, 6) is 0. The largest absolute Gasteiger partial charge is 0.286 e. The summed E-state index contributed by atoms with van der Waals surface area (Å²) in [6.45, 7) is 13.7. The molecule has 2 aromatic heterocycles. The highest BCUT2D eigenvalue weighted by molar-refractivity contribution is 6.09. The van der Waals surface area contributed by atoms with Crippen LogP contribution >= 0.6 is 0 Å². The summed E-state index contributed by atoms with van der Waals surface area (Å²) in [6.07, 6.45) is 4.54. The lowest BCUT2D eigenvalue weighted by atomic mass is 9.93. The Morgan fingerprint density at radius 2 is 0.794 bits per heavy atom. The third kappa shape index (κ3) is 3.77. The zero-order chi connectivity index (χ0) is 24.1. The molecule has 0 amide bonds. The van der Waals surface area contributed by atoms with Crippen LogP contribution in [0.1, 0.15) is 41.5 Å². The van der Waals surface area contributed by atoms with Crippen molar-refractivity contribution in [2.75, 3.05) is 0 Å². The Hall–Kier alpha value is -3.52. The van der Waals surface area contributed by atoms with E-state index in [2.05, 4.69) is 148 Å². The Bertz CT molecular complexity index is 1370. The quantitative estimate of drug-likeness (QED) is 0.197. The van der Waals surface area contributed by atoms with Gasteiger partial charge in [-0.1, -0.05) is 60.7 Å². The molecule has 0 saturated carbocycles. The molecule has 0 aliphatic heterocycles. The number of fused-ring (bicyclic) bond motifs is 3. The third-order valence-corrected chi connectivity index (χ3v) is 6.61. The SMILES string of the molecule is CC(C)(C)[n+]1ccc(-c2ccccc2)c2ccc3c(-c4ccccc4)cc[n+](C(C)(C)C)c3c21. The van der Waals surface area contributed by atoms with Gasteiger partial charge in [0.25, 0.3) is 11.0 Å². The topological polar surface area (TPSA) is 7.76 Å². The first-order valence-corrected chi connectivity index (χ1v) is 12.1. The standard InChI is InChI=1S/C32H34N2/c1-31(2,3)33-21-19-25(23-13-9-7-10-14-23)27-17-18-28-26(24-15-11-8-12-16-24)20-22-34(32(4,5)6)30(28)29(27)33/h7-22H,1-6H3/q+2. The minimum atomic E-state index is -0.0692. The summed E-state index contributed by atoms with van der Waals surface area (Å²) >= 11 is 0. The van der Waals surface area contributed by atoms with Crippen molar-refractivity contribution in [3.05, 3.63) is 97.3 Å². The molecule has 0 aliphatic carbocycles. The number of aromatic nitrogens is 2. The molecule has 0 bridgehead atoms. The van der Waals surface area contributed by atoms with Crippen LogP contribution in [0.5, 0.6) is 0 Å². The van der Waals surface area contributed by atoms with Gasteiger partial charge in [-0.2, -0.15) is 9.13 Å². The number of benzene rings is 3. The highest BCUT2D eigenvalue weighted by Crippen LogP contribution is 2.35. The monoisotopic (exact) mass is 446 g/mol. The molecule has 0 unspecified atom stereocenters. The van der Waals surface area contributed by atoms with E-state index in [1.807, 2.05) is 0 Å². The molecular formula is C32H34N2+2. The molecule has 2 heterocycles. The van der Waals surface area contributed by atoms with Crippen molar-refractivity contribution in [1.82, 2.24) is 0 Å². The van der Waals surface area contributed by atoms with E-state index in [4.69, 9.17) is 0 Å². The molecule has 0 radical (unpaired) electrons. The second-order valence-corrected chi connectivity index (χ2v) is 11.1. The van der Waals surface area contributed by atoms with E-state index >= 15 is 0 Å². The van der Waals surface area contributed by atoms with Gasteiger partial charge in [0.15, 0.2) is 23.5 Å². The van der Waals surface area contributed by atoms with E-state index in [0.29, 0.717) is 0 Å². The Labute approximate surface area is 203 Å². The molecule has 170 valence electrons. The molecule has 34 heavy (non-hydrogen) atoms. The molecule has 2 nitrogen and oxygen atoms in total. The van der Waals surface area contributed by atoms with Gasteiger partial charge in [0.2, 0.25) is 0 Å². The fourth-order valence-electron chi connectivity index (χ4n) is 4.99. The van der Waals surface area contributed by atoms with Gasteiger partial charge in [-0.25, -0.2) is 0 Å². The summed E-state index contributed by atoms with van der Waals surface area (Å²) in [5.41, 5.74) is 7.44. The van der Waals surface area contributed by atoms with Gasteiger partial charge in [-0.15, -0.1) is 0 Å². The summed E-state index contributed by atoms with van der Waals surface area (Å²) in [4.78, 5) is 0.